The van der Waals surface area contributed by atoms with Crippen LogP contribution in [0, 0.1) is 0 Å². The minimum atomic E-state index is -0.220. The summed E-state index contributed by atoms with van der Waals surface area (Å²) >= 11 is 9.36. The molecule has 0 aliphatic carbocycles. The van der Waals surface area contributed by atoms with Crippen molar-refractivity contribution in [3.8, 4) is 5.75 Å². The summed E-state index contributed by atoms with van der Waals surface area (Å²) in [5.41, 5.74) is 0. The topological polar surface area (TPSA) is 54.7 Å². The molecule has 2 aromatic rings. The Balaban J connectivity index is 1.84. The fourth-order valence-corrected chi connectivity index (χ4v) is 2.74. The van der Waals surface area contributed by atoms with Gasteiger partial charge in [-0.1, -0.05) is 27.5 Å². The van der Waals surface area contributed by atoms with Gasteiger partial charge in [-0.3, -0.25) is 9.69 Å². The number of nitrogens with zero attached hydrogens (tertiary/aromatic N) is 1. The van der Waals surface area contributed by atoms with E-state index in [-0.39, 0.29) is 18.6 Å². The van der Waals surface area contributed by atoms with Crippen LogP contribution in [0.3, 0.4) is 0 Å². The number of hydrogen-bond donors (Lipinski definition) is 1. The highest BCUT2D eigenvalue weighted by atomic mass is 79.9. The van der Waals surface area contributed by atoms with Crippen molar-refractivity contribution < 1.29 is 13.9 Å². The molecule has 1 atom stereocenters. The molecule has 1 amide bonds. The highest BCUT2D eigenvalue weighted by Crippen LogP contribution is 2.27. The van der Waals surface area contributed by atoms with Crippen LogP contribution < -0.4 is 10.1 Å². The predicted molar refractivity (Wildman–Crippen MR) is 92.8 cm³/mol. The number of carbonyl (C=O) groups is 1. The van der Waals surface area contributed by atoms with E-state index in [2.05, 4.69) is 21.2 Å². The molecule has 0 spiro atoms. The molecule has 0 aliphatic heterocycles. The minimum Gasteiger partial charge on any atom is -0.482 e. The first-order valence-corrected chi connectivity index (χ1v) is 8.19. The van der Waals surface area contributed by atoms with Crippen LogP contribution in [0.1, 0.15) is 11.8 Å². The second-order valence-electron chi connectivity index (χ2n) is 5.16. The maximum absolute atomic E-state index is 12.0. The Morgan fingerprint density at radius 3 is 2.83 bits per heavy atom. The Bertz CT molecular complexity index is 647. The molecule has 0 saturated carbocycles. The number of halogens is 2. The fourth-order valence-electron chi connectivity index (χ4n) is 2.02. The molecule has 124 valence electrons. The number of benzene rings is 1. The predicted octanol–water partition coefficient (Wildman–Crippen LogP) is 3.49. The monoisotopic (exact) mass is 400 g/mol. The van der Waals surface area contributed by atoms with E-state index in [1.54, 1.807) is 24.5 Å². The van der Waals surface area contributed by atoms with E-state index in [4.69, 9.17) is 20.8 Å². The van der Waals surface area contributed by atoms with Gasteiger partial charge in [0.25, 0.3) is 5.91 Å². The first-order chi connectivity index (χ1) is 11.0. The third-order valence-corrected chi connectivity index (χ3v) is 4.03. The molecule has 2 rings (SSSR count). The molecule has 0 saturated heterocycles. The number of hydrogen-bond acceptors (Lipinski definition) is 4. The van der Waals surface area contributed by atoms with Gasteiger partial charge < -0.3 is 14.5 Å². The number of carbonyl (C=O) groups excluding carboxylic acids is 1. The van der Waals surface area contributed by atoms with Gasteiger partial charge in [0.2, 0.25) is 0 Å². The summed E-state index contributed by atoms with van der Waals surface area (Å²) in [6, 6.07) is 8.91. The number of furan rings is 1. The molecule has 1 N–H and O–H groups in total. The zero-order valence-corrected chi connectivity index (χ0v) is 15.2. The number of ether oxygens (including phenoxy) is 1. The second-order valence-corrected chi connectivity index (χ2v) is 6.49. The SMILES string of the molecule is CN(C)[C@@H](CNC(=O)COc1ccc(Br)cc1Cl)c1ccco1. The highest BCUT2D eigenvalue weighted by Gasteiger charge is 2.18. The van der Waals surface area contributed by atoms with Crippen LogP contribution in [0.2, 0.25) is 5.02 Å². The number of nitrogens with one attached hydrogen (secondary N) is 1. The molecule has 0 fully saturated rings. The van der Waals surface area contributed by atoms with Crippen LogP contribution in [0.15, 0.2) is 45.5 Å². The van der Waals surface area contributed by atoms with Gasteiger partial charge in [0.15, 0.2) is 6.61 Å². The largest absolute Gasteiger partial charge is 0.482 e. The molecule has 0 bridgehead atoms. The van der Waals surface area contributed by atoms with Gasteiger partial charge in [-0.2, -0.15) is 0 Å². The van der Waals surface area contributed by atoms with E-state index >= 15 is 0 Å². The van der Waals surface area contributed by atoms with Crippen molar-refractivity contribution in [2.24, 2.45) is 0 Å². The molecule has 5 nitrogen and oxygen atoms in total. The van der Waals surface area contributed by atoms with E-state index in [1.165, 1.54) is 0 Å². The van der Waals surface area contributed by atoms with E-state index in [0.29, 0.717) is 17.3 Å². The summed E-state index contributed by atoms with van der Waals surface area (Å²) in [7, 11) is 3.86. The normalized spacial score (nSPS) is 12.2. The van der Waals surface area contributed by atoms with Crippen LogP contribution in [0.5, 0.6) is 5.75 Å². The summed E-state index contributed by atoms with van der Waals surface area (Å²) in [4.78, 5) is 13.9. The van der Waals surface area contributed by atoms with Gasteiger partial charge in [-0.15, -0.1) is 0 Å². The maximum Gasteiger partial charge on any atom is 0.258 e. The lowest BCUT2D eigenvalue weighted by Gasteiger charge is -2.22. The molecule has 23 heavy (non-hydrogen) atoms. The van der Waals surface area contributed by atoms with Gasteiger partial charge in [0.05, 0.1) is 17.3 Å². The summed E-state index contributed by atoms with van der Waals surface area (Å²) in [6.45, 7) is 0.330. The van der Waals surface area contributed by atoms with Gasteiger partial charge in [-0.25, -0.2) is 0 Å². The van der Waals surface area contributed by atoms with Crippen molar-refractivity contribution in [2.45, 2.75) is 6.04 Å². The molecule has 0 aliphatic rings. The number of likely N-dealkylation sites (N-methyl/N-ethyl adjacent to an activating group) is 1. The standard InChI is InChI=1S/C16H18BrClN2O3/c1-20(2)13(15-4-3-7-22-15)9-19-16(21)10-23-14-6-5-11(17)8-12(14)18/h3-8,13H,9-10H2,1-2H3,(H,19,21)/t13-/m0/s1. The smallest absolute Gasteiger partial charge is 0.258 e. The lowest BCUT2D eigenvalue weighted by molar-refractivity contribution is -0.123. The van der Waals surface area contributed by atoms with Crippen molar-refractivity contribution in [2.75, 3.05) is 27.2 Å². The van der Waals surface area contributed by atoms with E-state index in [1.807, 2.05) is 31.1 Å². The first kappa shape index (κ1) is 17.8. The Morgan fingerprint density at radius 1 is 1.43 bits per heavy atom. The van der Waals surface area contributed by atoms with Crippen molar-refractivity contribution in [1.29, 1.82) is 0 Å². The lowest BCUT2D eigenvalue weighted by Crippen LogP contribution is -2.36. The Morgan fingerprint density at radius 2 is 2.22 bits per heavy atom. The summed E-state index contributed by atoms with van der Waals surface area (Å²) < 4.78 is 11.7. The molecule has 1 aromatic carbocycles. The zero-order valence-electron chi connectivity index (χ0n) is 12.9. The van der Waals surface area contributed by atoms with Crippen molar-refractivity contribution in [1.82, 2.24) is 10.2 Å². The van der Waals surface area contributed by atoms with Crippen molar-refractivity contribution >= 4 is 33.4 Å². The Kier molecular flexibility index (Phi) is 6.50. The third kappa shape index (κ3) is 5.27. The molecule has 1 heterocycles. The summed E-state index contributed by atoms with van der Waals surface area (Å²) in [6.07, 6.45) is 1.62. The van der Waals surface area contributed by atoms with Gasteiger partial charge in [0, 0.05) is 11.0 Å². The van der Waals surface area contributed by atoms with E-state index < -0.39 is 0 Å². The summed E-state index contributed by atoms with van der Waals surface area (Å²) in [5, 5.41) is 3.29. The molecular formula is C16H18BrClN2O3. The number of amides is 1. The molecule has 7 heteroatoms. The van der Waals surface area contributed by atoms with Crippen molar-refractivity contribution in [3.05, 3.63) is 51.9 Å². The van der Waals surface area contributed by atoms with E-state index in [9.17, 15) is 4.79 Å². The van der Waals surface area contributed by atoms with Crippen LogP contribution in [-0.4, -0.2) is 38.1 Å². The van der Waals surface area contributed by atoms with Gasteiger partial charge in [-0.05, 0) is 44.4 Å². The molecule has 0 radical (unpaired) electrons. The Hall–Kier alpha value is -1.50. The number of rotatable bonds is 7. The van der Waals surface area contributed by atoms with Crippen LogP contribution >= 0.6 is 27.5 Å². The van der Waals surface area contributed by atoms with E-state index in [0.717, 1.165) is 10.2 Å². The average Bonchev–Trinajstić information content (AvgIpc) is 3.00. The highest BCUT2D eigenvalue weighted by molar-refractivity contribution is 9.10. The second kappa shape index (κ2) is 8.38. The summed E-state index contributed by atoms with van der Waals surface area (Å²) in [5.74, 6) is 1.05. The van der Waals surface area contributed by atoms with Crippen molar-refractivity contribution in [3.63, 3.8) is 0 Å². The maximum atomic E-state index is 12.0. The fraction of sp³-hybridized carbons (Fsp3) is 0.312. The van der Waals surface area contributed by atoms with Gasteiger partial charge in [0.1, 0.15) is 11.5 Å². The van der Waals surface area contributed by atoms with Crippen LogP contribution in [-0.2, 0) is 4.79 Å². The Labute approximate surface area is 148 Å². The van der Waals surface area contributed by atoms with Crippen LogP contribution in [0.4, 0.5) is 0 Å². The van der Waals surface area contributed by atoms with Gasteiger partial charge >= 0.3 is 0 Å². The average molecular weight is 402 g/mol. The third-order valence-electron chi connectivity index (χ3n) is 3.24. The molecular weight excluding hydrogens is 384 g/mol. The quantitative estimate of drug-likeness (QED) is 0.771. The first-order valence-electron chi connectivity index (χ1n) is 7.01. The lowest BCUT2D eigenvalue weighted by atomic mass is 10.2. The molecule has 0 unspecified atom stereocenters. The molecule has 1 aromatic heterocycles. The van der Waals surface area contributed by atoms with Crippen LogP contribution in [0.25, 0.3) is 0 Å². The minimum absolute atomic E-state index is 0.0368. The zero-order chi connectivity index (χ0) is 16.8.